The molecule has 0 heterocycles. The SMILES string of the molecule is C=CC(=C)C(=O)c1ccc(O)cc1CO. The van der Waals surface area contributed by atoms with Crippen LogP contribution in [0.2, 0.25) is 0 Å². The highest BCUT2D eigenvalue weighted by molar-refractivity contribution is 6.11. The Labute approximate surface area is 88.0 Å². The van der Waals surface area contributed by atoms with Crippen LogP contribution < -0.4 is 0 Å². The van der Waals surface area contributed by atoms with Crippen LogP contribution in [0, 0.1) is 0 Å². The van der Waals surface area contributed by atoms with Crippen LogP contribution in [0.15, 0.2) is 43.0 Å². The van der Waals surface area contributed by atoms with Gasteiger partial charge in [-0.25, -0.2) is 0 Å². The highest BCUT2D eigenvalue weighted by Crippen LogP contribution is 2.19. The van der Waals surface area contributed by atoms with E-state index in [2.05, 4.69) is 13.2 Å². The van der Waals surface area contributed by atoms with Crippen molar-refractivity contribution in [2.24, 2.45) is 0 Å². The number of phenols is 1. The fourth-order valence-electron chi connectivity index (χ4n) is 1.20. The van der Waals surface area contributed by atoms with Crippen LogP contribution in [0.1, 0.15) is 15.9 Å². The molecule has 78 valence electrons. The van der Waals surface area contributed by atoms with Crippen molar-refractivity contribution in [2.45, 2.75) is 6.61 Å². The molecule has 0 amide bonds. The molecule has 0 atom stereocenters. The van der Waals surface area contributed by atoms with E-state index in [1.54, 1.807) is 0 Å². The summed E-state index contributed by atoms with van der Waals surface area (Å²) in [5, 5.41) is 18.2. The maximum absolute atomic E-state index is 11.7. The van der Waals surface area contributed by atoms with E-state index >= 15 is 0 Å². The average molecular weight is 204 g/mol. The number of benzene rings is 1. The number of Topliss-reactive ketones (excluding diaryl/α,β-unsaturated/α-hetero) is 1. The van der Waals surface area contributed by atoms with Crippen molar-refractivity contribution in [3.63, 3.8) is 0 Å². The van der Waals surface area contributed by atoms with Gasteiger partial charge < -0.3 is 10.2 Å². The van der Waals surface area contributed by atoms with E-state index in [1.165, 1.54) is 24.3 Å². The number of rotatable bonds is 4. The molecular formula is C12H12O3. The van der Waals surface area contributed by atoms with Gasteiger partial charge in [-0.15, -0.1) is 0 Å². The molecule has 0 aliphatic rings. The third-order valence-corrected chi connectivity index (χ3v) is 2.04. The second-order valence-corrected chi connectivity index (χ2v) is 3.06. The summed E-state index contributed by atoms with van der Waals surface area (Å²) in [6, 6.07) is 4.20. The summed E-state index contributed by atoms with van der Waals surface area (Å²) in [5.74, 6) is -0.283. The number of aliphatic hydroxyl groups excluding tert-OH is 1. The maximum atomic E-state index is 11.7. The summed E-state index contributed by atoms with van der Waals surface area (Å²) in [5.41, 5.74) is 0.971. The van der Waals surface area contributed by atoms with Gasteiger partial charge in [0.2, 0.25) is 0 Å². The van der Waals surface area contributed by atoms with Gasteiger partial charge >= 0.3 is 0 Å². The number of hydrogen-bond donors (Lipinski definition) is 2. The number of carbonyl (C=O) groups is 1. The molecule has 3 nitrogen and oxygen atoms in total. The number of phenolic OH excluding ortho intramolecular Hbond substituents is 1. The van der Waals surface area contributed by atoms with Gasteiger partial charge in [-0.05, 0) is 23.8 Å². The van der Waals surface area contributed by atoms with E-state index in [9.17, 15) is 9.90 Å². The molecule has 0 aromatic heterocycles. The largest absolute Gasteiger partial charge is 0.508 e. The Morgan fingerprint density at radius 3 is 2.67 bits per heavy atom. The molecule has 1 rings (SSSR count). The van der Waals surface area contributed by atoms with Crippen LogP contribution in [0.4, 0.5) is 0 Å². The highest BCUT2D eigenvalue weighted by atomic mass is 16.3. The van der Waals surface area contributed by atoms with Gasteiger partial charge in [0, 0.05) is 11.1 Å². The predicted octanol–water partition coefficient (Wildman–Crippen LogP) is 1.81. The van der Waals surface area contributed by atoms with E-state index in [-0.39, 0.29) is 23.7 Å². The zero-order chi connectivity index (χ0) is 11.4. The summed E-state index contributed by atoms with van der Waals surface area (Å²) < 4.78 is 0. The fourth-order valence-corrected chi connectivity index (χ4v) is 1.20. The summed E-state index contributed by atoms with van der Waals surface area (Å²) in [4.78, 5) is 11.7. The summed E-state index contributed by atoms with van der Waals surface area (Å²) in [6.45, 7) is 6.68. The molecule has 1 aromatic carbocycles. The number of ketones is 1. The smallest absolute Gasteiger partial charge is 0.192 e. The van der Waals surface area contributed by atoms with E-state index < -0.39 is 0 Å². The number of hydrogen-bond acceptors (Lipinski definition) is 3. The number of carbonyl (C=O) groups excluding carboxylic acids is 1. The van der Waals surface area contributed by atoms with Crippen molar-refractivity contribution in [2.75, 3.05) is 0 Å². The Hall–Kier alpha value is -1.87. The first-order valence-corrected chi connectivity index (χ1v) is 4.39. The Balaban J connectivity index is 3.19. The van der Waals surface area contributed by atoms with E-state index in [0.717, 1.165) is 0 Å². The molecular weight excluding hydrogens is 192 g/mol. The Kier molecular flexibility index (Phi) is 3.42. The molecule has 0 saturated heterocycles. The van der Waals surface area contributed by atoms with Crippen LogP contribution >= 0.6 is 0 Å². The first-order chi connectivity index (χ1) is 7.10. The van der Waals surface area contributed by atoms with Gasteiger partial charge in [-0.2, -0.15) is 0 Å². The molecule has 0 aliphatic heterocycles. The Bertz CT molecular complexity index is 419. The number of aromatic hydroxyl groups is 1. The molecule has 0 aliphatic carbocycles. The average Bonchev–Trinajstić information content (AvgIpc) is 2.26. The fraction of sp³-hybridized carbons (Fsp3) is 0.0833. The lowest BCUT2D eigenvalue weighted by molar-refractivity contribution is 0.103. The van der Waals surface area contributed by atoms with Gasteiger partial charge in [-0.3, -0.25) is 4.79 Å². The topological polar surface area (TPSA) is 57.5 Å². The third-order valence-electron chi connectivity index (χ3n) is 2.04. The monoisotopic (exact) mass is 204 g/mol. The Morgan fingerprint density at radius 1 is 1.47 bits per heavy atom. The zero-order valence-corrected chi connectivity index (χ0v) is 8.23. The van der Waals surface area contributed by atoms with Crippen LogP contribution in [0.25, 0.3) is 0 Å². The molecule has 0 bridgehead atoms. The minimum atomic E-state index is -0.306. The van der Waals surface area contributed by atoms with Crippen LogP contribution in [-0.4, -0.2) is 16.0 Å². The maximum Gasteiger partial charge on any atom is 0.192 e. The minimum absolute atomic E-state index is 0.0137. The summed E-state index contributed by atoms with van der Waals surface area (Å²) >= 11 is 0. The van der Waals surface area contributed by atoms with Crippen molar-refractivity contribution < 1.29 is 15.0 Å². The van der Waals surface area contributed by atoms with Gasteiger partial charge in [0.1, 0.15) is 5.75 Å². The molecule has 15 heavy (non-hydrogen) atoms. The predicted molar refractivity (Wildman–Crippen MR) is 57.7 cm³/mol. The number of aliphatic hydroxyl groups is 1. The zero-order valence-electron chi connectivity index (χ0n) is 8.23. The lowest BCUT2D eigenvalue weighted by Crippen LogP contribution is -2.04. The van der Waals surface area contributed by atoms with Crippen LogP contribution in [0.3, 0.4) is 0 Å². The van der Waals surface area contributed by atoms with E-state index in [1.807, 2.05) is 0 Å². The van der Waals surface area contributed by atoms with Crippen LogP contribution in [0.5, 0.6) is 5.75 Å². The van der Waals surface area contributed by atoms with E-state index in [0.29, 0.717) is 11.1 Å². The molecule has 0 saturated carbocycles. The van der Waals surface area contributed by atoms with Crippen molar-refractivity contribution in [1.82, 2.24) is 0 Å². The van der Waals surface area contributed by atoms with Crippen LogP contribution in [-0.2, 0) is 6.61 Å². The van der Waals surface area contributed by atoms with Crippen molar-refractivity contribution in [1.29, 1.82) is 0 Å². The second kappa shape index (κ2) is 4.57. The van der Waals surface area contributed by atoms with Crippen molar-refractivity contribution >= 4 is 5.78 Å². The molecule has 1 aromatic rings. The van der Waals surface area contributed by atoms with Crippen molar-refractivity contribution in [3.05, 3.63) is 54.1 Å². The third kappa shape index (κ3) is 2.33. The normalized spacial score (nSPS) is 9.67. The summed E-state index contributed by atoms with van der Waals surface area (Å²) in [7, 11) is 0. The lowest BCUT2D eigenvalue weighted by Gasteiger charge is -2.06. The summed E-state index contributed by atoms with van der Waals surface area (Å²) in [6.07, 6.45) is 1.36. The second-order valence-electron chi connectivity index (χ2n) is 3.06. The molecule has 0 unspecified atom stereocenters. The molecule has 2 N–H and O–H groups in total. The highest BCUT2D eigenvalue weighted by Gasteiger charge is 2.12. The van der Waals surface area contributed by atoms with Gasteiger partial charge in [0.05, 0.1) is 6.61 Å². The standard InChI is InChI=1S/C12H12O3/c1-3-8(2)12(15)11-5-4-10(14)6-9(11)7-13/h3-6,13-14H,1-2,7H2. The van der Waals surface area contributed by atoms with Gasteiger partial charge in [-0.1, -0.05) is 19.2 Å². The minimum Gasteiger partial charge on any atom is -0.508 e. The molecule has 0 fully saturated rings. The molecule has 0 spiro atoms. The molecule has 3 heteroatoms. The van der Waals surface area contributed by atoms with Gasteiger partial charge in [0.25, 0.3) is 0 Å². The molecule has 0 radical (unpaired) electrons. The van der Waals surface area contributed by atoms with Crippen molar-refractivity contribution in [3.8, 4) is 5.75 Å². The quantitative estimate of drug-likeness (QED) is 0.446. The first kappa shape index (κ1) is 11.2. The van der Waals surface area contributed by atoms with E-state index in [4.69, 9.17) is 5.11 Å². The van der Waals surface area contributed by atoms with Gasteiger partial charge in [0.15, 0.2) is 5.78 Å². The Morgan fingerprint density at radius 2 is 2.13 bits per heavy atom. The number of allylic oxidation sites excluding steroid dienone is 2. The first-order valence-electron chi connectivity index (χ1n) is 4.39. The lowest BCUT2D eigenvalue weighted by atomic mass is 9.99.